The van der Waals surface area contributed by atoms with Gasteiger partial charge in [0.2, 0.25) is 11.9 Å². The van der Waals surface area contributed by atoms with E-state index in [9.17, 15) is 9.18 Å². The molecule has 2 heterocycles. The van der Waals surface area contributed by atoms with E-state index in [1.807, 2.05) is 24.3 Å². The van der Waals surface area contributed by atoms with Crippen LogP contribution in [0.1, 0.15) is 19.8 Å². The van der Waals surface area contributed by atoms with Gasteiger partial charge in [-0.05, 0) is 69.2 Å². The van der Waals surface area contributed by atoms with Gasteiger partial charge in [-0.15, -0.1) is 0 Å². The highest BCUT2D eigenvalue weighted by molar-refractivity contribution is 5.89. The van der Waals surface area contributed by atoms with Crippen molar-refractivity contribution < 1.29 is 13.9 Å². The van der Waals surface area contributed by atoms with Gasteiger partial charge in [-0.2, -0.15) is 4.98 Å². The number of carbonyl (C=O) groups is 1. The average molecular weight is 465 g/mol. The van der Waals surface area contributed by atoms with E-state index in [2.05, 4.69) is 37.9 Å². The third kappa shape index (κ3) is 6.64. The molecule has 1 saturated heterocycles. The summed E-state index contributed by atoms with van der Waals surface area (Å²) in [4.78, 5) is 21.9. The van der Waals surface area contributed by atoms with E-state index in [4.69, 9.17) is 4.74 Å². The van der Waals surface area contributed by atoms with Gasteiger partial charge in [0.25, 0.3) is 0 Å². The van der Waals surface area contributed by atoms with Crippen LogP contribution in [0.3, 0.4) is 0 Å². The van der Waals surface area contributed by atoms with Crippen molar-refractivity contribution in [2.75, 3.05) is 42.7 Å². The van der Waals surface area contributed by atoms with Crippen LogP contribution in [0.15, 0.2) is 54.7 Å². The number of rotatable bonds is 8. The summed E-state index contributed by atoms with van der Waals surface area (Å²) in [6, 6.07) is 14.5. The fourth-order valence-electron chi connectivity index (χ4n) is 3.77. The van der Waals surface area contributed by atoms with E-state index >= 15 is 0 Å². The van der Waals surface area contributed by atoms with Gasteiger partial charge in [-0.3, -0.25) is 4.79 Å². The number of ether oxygens (including phenoxy) is 1. The van der Waals surface area contributed by atoms with Gasteiger partial charge in [0.15, 0.2) is 11.6 Å². The first-order valence-corrected chi connectivity index (χ1v) is 11.3. The van der Waals surface area contributed by atoms with Crippen molar-refractivity contribution >= 4 is 34.7 Å². The molecule has 3 aromatic rings. The van der Waals surface area contributed by atoms with Crippen LogP contribution in [0.25, 0.3) is 0 Å². The topological polar surface area (TPSA) is 91.4 Å². The molecule has 4 rings (SSSR count). The Bertz CT molecular complexity index is 1130. The number of benzene rings is 2. The summed E-state index contributed by atoms with van der Waals surface area (Å²) < 4.78 is 20.4. The lowest BCUT2D eigenvalue weighted by Gasteiger charge is -2.28. The highest BCUT2D eigenvalue weighted by Crippen LogP contribution is 2.25. The molecule has 0 spiro atoms. The summed E-state index contributed by atoms with van der Waals surface area (Å²) in [5.41, 5.74) is 1.92. The van der Waals surface area contributed by atoms with E-state index in [1.165, 1.54) is 6.92 Å². The molecule has 178 valence electrons. The van der Waals surface area contributed by atoms with Crippen molar-refractivity contribution in [1.29, 1.82) is 0 Å². The number of anilines is 5. The summed E-state index contributed by atoms with van der Waals surface area (Å²) >= 11 is 0. The number of nitrogens with one attached hydrogen (secondary N) is 3. The number of aromatic nitrogens is 2. The van der Waals surface area contributed by atoms with Crippen molar-refractivity contribution in [2.45, 2.75) is 19.8 Å². The quantitative estimate of drug-likeness (QED) is 0.442. The van der Waals surface area contributed by atoms with E-state index in [0.717, 1.165) is 43.6 Å². The maximum atomic E-state index is 14.4. The Kier molecular flexibility index (Phi) is 7.54. The lowest BCUT2D eigenvalue weighted by molar-refractivity contribution is -0.114. The molecule has 0 bridgehead atoms. The molecule has 0 unspecified atom stereocenters. The van der Waals surface area contributed by atoms with Crippen LogP contribution in [-0.2, 0) is 4.79 Å². The predicted octanol–water partition coefficient (Wildman–Crippen LogP) is 4.78. The summed E-state index contributed by atoms with van der Waals surface area (Å²) in [6.45, 7) is 4.32. The maximum absolute atomic E-state index is 14.4. The molecule has 1 aliphatic heterocycles. The zero-order valence-electron chi connectivity index (χ0n) is 19.3. The number of hydrogen-bond donors (Lipinski definition) is 3. The molecule has 1 fully saturated rings. The molecular formula is C25H29FN6O2. The molecule has 0 radical (unpaired) electrons. The van der Waals surface area contributed by atoms with Crippen LogP contribution < -0.4 is 20.7 Å². The van der Waals surface area contributed by atoms with Gasteiger partial charge < -0.3 is 25.6 Å². The van der Waals surface area contributed by atoms with Crippen molar-refractivity contribution in [3.63, 3.8) is 0 Å². The normalized spacial score (nSPS) is 14.4. The first-order chi connectivity index (χ1) is 16.4. The molecular weight excluding hydrogens is 435 g/mol. The summed E-state index contributed by atoms with van der Waals surface area (Å²) in [6.07, 6.45) is 3.39. The van der Waals surface area contributed by atoms with Crippen molar-refractivity contribution in [2.24, 2.45) is 5.92 Å². The van der Waals surface area contributed by atoms with Crippen molar-refractivity contribution in [1.82, 2.24) is 14.9 Å². The van der Waals surface area contributed by atoms with Gasteiger partial charge in [0.1, 0.15) is 5.75 Å². The molecule has 0 aliphatic carbocycles. The second-order valence-corrected chi connectivity index (χ2v) is 8.49. The van der Waals surface area contributed by atoms with Crippen LogP contribution >= 0.6 is 0 Å². The fourth-order valence-corrected chi connectivity index (χ4v) is 3.77. The predicted molar refractivity (Wildman–Crippen MR) is 131 cm³/mol. The second kappa shape index (κ2) is 10.9. The minimum Gasteiger partial charge on any atom is -0.493 e. The molecule has 2 aromatic carbocycles. The van der Waals surface area contributed by atoms with E-state index in [1.54, 1.807) is 24.3 Å². The van der Waals surface area contributed by atoms with Gasteiger partial charge in [0.05, 0.1) is 12.8 Å². The minimum atomic E-state index is -0.592. The third-order valence-corrected chi connectivity index (χ3v) is 5.60. The number of amides is 1. The Hall–Kier alpha value is -3.72. The number of carbonyl (C=O) groups excluding carboxylic acids is 1. The average Bonchev–Trinajstić information content (AvgIpc) is 2.81. The molecule has 1 amide bonds. The van der Waals surface area contributed by atoms with E-state index in [-0.39, 0.29) is 17.7 Å². The Balaban J connectivity index is 1.40. The molecule has 1 aromatic heterocycles. The van der Waals surface area contributed by atoms with E-state index < -0.39 is 5.82 Å². The van der Waals surface area contributed by atoms with Crippen LogP contribution in [-0.4, -0.2) is 47.5 Å². The van der Waals surface area contributed by atoms with Crippen molar-refractivity contribution in [3.05, 3.63) is 60.5 Å². The molecule has 3 N–H and O–H groups in total. The standard InChI is InChI=1S/C25H29FN6O2/c1-17(33)28-19-5-3-6-20(13-19)29-24-23(26)15-27-25(31-24)30-21-7-4-8-22(14-21)34-16-18-9-11-32(2)12-10-18/h3-8,13-15,18H,9-12,16H2,1-2H3,(H,28,33)(H2,27,29,30,31). The van der Waals surface area contributed by atoms with Crippen LogP contribution in [0.5, 0.6) is 5.75 Å². The fraction of sp³-hybridized carbons (Fsp3) is 0.320. The highest BCUT2D eigenvalue weighted by Gasteiger charge is 2.17. The molecule has 9 heteroatoms. The smallest absolute Gasteiger partial charge is 0.229 e. The Morgan fingerprint density at radius 1 is 1.09 bits per heavy atom. The summed E-state index contributed by atoms with van der Waals surface area (Å²) in [5.74, 6) is 0.812. The van der Waals surface area contributed by atoms with Gasteiger partial charge in [-0.1, -0.05) is 12.1 Å². The van der Waals surface area contributed by atoms with Crippen LogP contribution in [0, 0.1) is 11.7 Å². The molecule has 0 atom stereocenters. The minimum absolute atomic E-state index is 0.0205. The Morgan fingerprint density at radius 3 is 2.56 bits per heavy atom. The van der Waals surface area contributed by atoms with Crippen LogP contribution in [0.2, 0.25) is 0 Å². The first-order valence-electron chi connectivity index (χ1n) is 11.3. The van der Waals surface area contributed by atoms with E-state index in [0.29, 0.717) is 23.9 Å². The number of likely N-dealkylation sites (tertiary alicyclic amines) is 1. The maximum Gasteiger partial charge on any atom is 0.229 e. The van der Waals surface area contributed by atoms with Crippen LogP contribution in [0.4, 0.5) is 33.2 Å². The zero-order chi connectivity index (χ0) is 23.9. The van der Waals surface area contributed by atoms with Gasteiger partial charge in [-0.25, -0.2) is 9.37 Å². The van der Waals surface area contributed by atoms with Gasteiger partial charge in [0, 0.05) is 30.1 Å². The molecule has 8 nitrogen and oxygen atoms in total. The largest absolute Gasteiger partial charge is 0.493 e. The monoisotopic (exact) mass is 464 g/mol. The molecule has 0 saturated carbocycles. The summed E-state index contributed by atoms with van der Waals surface area (Å²) in [7, 11) is 2.15. The lowest BCUT2D eigenvalue weighted by atomic mass is 9.98. The number of halogens is 1. The number of hydrogen-bond acceptors (Lipinski definition) is 7. The summed E-state index contributed by atoms with van der Waals surface area (Å²) in [5, 5.41) is 8.74. The molecule has 1 aliphatic rings. The third-order valence-electron chi connectivity index (χ3n) is 5.60. The first kappa shape index (κ1) is 23.4. The second-order valence-electron chi connectivity index (χ2n) is 8.49. The Morgan fingerprint density at radius 2 is 1.79 bits per heavy atom. The molecule has 34 heavy (non-hydrogen) atoms. The highest BCUT2D eigenvalue weighted by atomic mass is 19.1. The zero-order valence-corrected chi connectivity index (χ0v) is 19.3. The van der Waals surface area contributed by atoms with Gasteiger partial charge >= 0.3 is 0 Å². The Labute approximate surface area is 198 Å². The number of piperidine rings is 1. The number of nitrogens with zero attached hydrogens (tertiary/aromatic N) is 3. The van der Waals surface area contributed by atoms with Crippen molar-refractivity contribution in [3.8, 4) is 5.75 Å². The lowest BCUT2D eigenvalue weighted by Crippen LogP contribution is -2.32. The SMILES string of the molecule is CC(=O)Nc1cccc(Nc2nc(Nc3cccc(OCC4CCN(C)CC4)c3)ncc2F)c1.